The van der Waals surface area contributed by atoms with Gasteiger partial charge in [-0.25, -0.2) is 0 Å². The summed E-state index contributed by atoms with van der Waals surface area (Å²) in [4.78, 5) is 12.6. The maximum Gasteiger partial charge on any atom is 0.305 e. The van der Waals surface area contributed by atoms with Crippen molar-refractivity contribution < 1.29 is 15.0 Å². The third-order valence-electron chi connectivity index (χ3n) is 2.53. The van der Waals surface area contributed by atoms with Gasteiger partial charge in [0.2, 0.25) is 0 Å². The Morgan fingerprint density at radius 1 is 1.31 bits per heavy atom. The minimum atomic E-state index is -0.829. The van der Waals surface area contributed by atoms with Crippen molar-refractivity contribution in [2.45, 2.75) is 31.7 Å². The predicted octanol–water partition coefficient (Wildman–Crippen LogP) is 0.308. The molecule has 76 valence electrons. The van der Waals surface area contributed by atoms with E-state index in [-0.39, 0.29) is 19.1 Å². The molecule has 2 N–H and O–H groups in total. The van der Waals surface area contributed by atoms with Crippen LogP contribution in [0.4, 0.5) is 0 Å². The molecule has 0 aromatic carbocycles. The quantitative estimate of drug-likeness (QED) is 0.665. The molecule has 0 radical (unpaired) electrons. The second kappa shape index (κ2) is 5.19. The number of piperidine rings is 1. The highest BCUT2D eigenvalue weighted by molar-refractivity contribution is 5.67. The Bertz CT molecular complexity index is 166. The number of aliphatic hydroxyl groups is 1. The van der Waals surface area contributed by atoms with Crippen molar-refractivity contribution in [2.24, 2.45) is 0 Å². The van der Waals surface area contributed by atoms with Gasteiger partial charge >= 0.3 is 5.97 Å². The number of rotatable bonds is 4. The van der Waals surface area contributed by atoms with Crippen LogP contribution >= 0.6 is 0 Å². The molecule has 0 bridgehead atoms. The maximum atomic E-state index is 10.5. The van der Waals surface area contributed by atoms with E-state index in [1.165, 1.54) is 6.42 Å². The van der Waals surface area contributed by atoms with Crippen LogP contribution in [0, 0.1) is 0 Å². The van der Waals surface area contributed by atoms with Gasteiger partial charge in [0.1, 0.15) is 0 Å². The third kappa shape index (κ3) is 3.32. The van der Waals surface area contributed by atoms with Gasteiger partial charge in [-0.05, 0) is 25.9 Å². The van der Waals surface area contributed by atoms with E-state index in [4.69, 9.17) is 10.2 Å². The number of aliphatic carboxylic acids is 1. The van der Waals surface area contributed by atoms with Crippen LogP contribution in [0.2, 0.25) is 0 Å². The first-order valence-electron chi connectivity index (χ1n) is 4.80. The van der Waals surface area contributed by atoms with Crippen molar-refractivity contribution >= 4 is 5.97 Å². The lowest BCUT2D eigenvalue weighted by Crippen LogP contribution is -2.42. The van der Waals surface area contributed by atoms with Gasteiger partial charge in [-0.15, -0.1) is 0 Å². The molecule has 13 heavy (non-hydrogen) atoms. The minimum absolute atomic E-state index is 0.0493. The zero-order chi connectivity index (χ0) is 9.68. The van der Waals surface area contributed by atoms with E-state index in [2.05, 4.69) is 4.90 Å². The van der Waals surface area contributed by atoms with Gasteiger partial charge in [0.05, 0.1) is 13.0 Å². The Kier molecular flexibility index (Phi) is 4.18. The van der Waals surface area contributed by atoms with Crippen molar-refractivity contribution in [1.82, 2.24) is 4.90 Å². The number of hydrogen-bond donors (Lipinski definition) is 2. The summed E-state index contributed by atoms with van der Waals surface area (Å²) in [6.45, 7) is 1.81. The number of aliphatic hydroxyl groups excluding tert-OH is 1. The minimum Gasteiger partial charge on any atom is -0.481 e. The second-order valence-electron chi connectivity index (χ2n) is 3.53. The normalized spacial score (nSPS) is 21.3. The highest BCUT2D eigenvalue weighted by atomic mass is 16.4. The highest BCUT2D eigenvalue weighted by Crippen LogP contribution is 2.13. The van der Waals surface area contributed by atoms with Gasteiger partial charge in [-0.2, -0.15) is 0 Å². The van der Waals surface area contributed by atoms with Crippen LogP contribution in [-0.4, -0.2) is 46.8 Å². The highest BCUT2D eigenvalue weighted by Gasteiger charge is 2.21. The molecule has 1 saturated heterocycles. The first kappa shape index (κ1) is 10.5. The SMILES string of the molecule is O=C(O)CC(CO)N1CCCCC1. The van der Waals surface area contributed by atoms with E-state index in [1.807, 2.05) is 0 Å². The molecule has 0 amide bonds. The van der Waals surface area contributed by atoms with Gasteiger partial charge in [0.25, 0.3) is 0 Å². The van der Waals surface area contributed by atoms with Crippen molar-refractivity contribution in [3.63, 3.8) is 0 Å². The fraction of sp³-hybridized carbons (Fsp3) is 0.889. The monoisotopic (exact) mass is 187 g/mol. The van der Waals surface area contributed by atoms with E-state index in [0.717, 1.165) is 25.9 Å². The Morgan fingerprint density at radius 2 is 1.92 bits per heavy atom. The van der Waals surface area contributed by atoms with Gasteiger partial charge in [-0.1, -0.05) is 6.42 Å². The molecule has 0 aromatic heterocycles. The fourth-order valence-electron chi connectivity index (χ4n) is 1.79. The molecular formula is C9H17NO3. The smallest absolute Gasteiger partial charge is 0.305 e. The Morgan fingerprint density at radius 3 is 2.38 bits per heavy atom. The van der Waals surface area contributed by atoms with Gasteiger partial charge in [-0.3, -0.25) is 9.69 Å². The molecule has 0 spiro atoms. The summed E-state index contributed by atoms with van der Waals surface area (Å²) in [5.74, 6) is -0.829. The van der Waals surface area contributed by atoms with Crippen LogP contribution in [0.15, 0.2) is 0 Å². The summed E-state index contributed by atoms with van der Waals surface area (Å²) in [6.07, 6.45) is 3.52. The topological polar surface area (TPSA) is 60.8 Å². The van der Waals surface area contributed by atoms with Crippen LogP contribution in [-0.2, 0) is 4.79 Å². The average molecular weight is 187 g/mol. The molecule has 0 aliphatic carbocycles. The van der Waals surface area contributed by atoms with E-state index < -0.39 is 5.97 Å². The summed E-state index contributed by atoms with van der Waals surface area (Å²) in [5, 5.41) is 17.6. The summed E-state index contributed by atoms with van der Waals surface area (Å²) >= 11 is 0. The summed E-state index contributed by atoms with van der Waals surface area (Å²) in [5.41, 5.74) is 0. The molecule has 4 nitrogen and oxygen atoms in total. The Labute approximate surface area is 78.2 Å². The van der Waals surface area contributed by atoms with E-state index >= 15 is 0 Å². The van der Waals surface area contributed by atoms with Crippen molar-refractivity contribution in [2.75, 3.05) is 19.7 Å². The average Bonchev–Trinajstić information content (AvgIpc) is 2.15. The third-order valence-corrected chi connectivity index (χ3v) is 2.53. The Hall–Kier alpha value is -0.610. The molecular weight excluding hydrogens is 170 g/mol. The zero-order valence-corrected chi connectivity index (χ0v) is 7.78. The molecule has 1 fully saturated rings. The summed E-state index contributed by atoms with van der Waals surface area (Å²) in [7, 11) is 0. The molecule has 4 heteroatoms. The number of likely N-dealkylation sites (tertiary alicyclic amines) is 1. The number of hydrogen-bond acceptors (Lipinski definition) is 3. The molecule has 1 aliphatic rings. The van der Waals surface area contributed by atoms with Crippen molar-refractivity contribution in [1.29, 1.82) is 0 Å². The first-order chi connectivity index (χ1) is 6.24. The van der Waals surface area contributed by atoms with E-state index in [1.54, 1.807) is 0 Å². The zero-order valence-electron chi connectivity index (χ0n) is 7.78. The first-order valence-corrected chi connectivity index (χ1v) is 4.80. The lowest BCUT2D eigenvalue weighted by Gasteiger charge is -2.32. The van der Waals surface area contributed by atoms with E-state index in [9.17, 15) is 4.79 Å². The molecule has 1 rings (SSSR count). The standard InChI is InChI=1S/C9H17NO3/c11-7-8(6-9(12)13)10-4-2-1-3-5-10/h8,11H,1-7H2,(H,12,13). The lowest BCUT2D eigenvalue weighted by atomic mass is 10.1. The van der Waals surface area contributed by atoms with Crippen LogP contribution in [0.3, 0.4) is 0 Å². The van der Waals surface area contributed by atoms with Crippen LogP contribution in [0.5, 0.6) is 0 Å². The van der Waals surface area contributed by atoms with Crippen LogP contribution in [0.1, 0.15) is 25.7 Å². The number of nitrogens with zero attached hydrogens (tertiary/aromatic N) is 1. The molecule has 1 unspecified atom stereocenters. The number of carboxylic acids is 1. The molecule has 0 aromatic rings. The van der Waals surface area contributed by atoms with Crippen LogP contribution in [0.25, 0.3) is 0 Å². The largest absolute Gasteiger partial charge is 0.481 e. The molecule has 1 aliphatic heterocycles. The predicted molar refractivity (Wildman–Crippen MR) is 48.6 cm³/mol. The Balaban J connectivity index is 2.39. The number of carbonyl (C=O) groups is 1. The van der Waals surface area contributed by atoms with E-state index in [0.29, 0.717) is 0 Å². The molecule has 1 atom stereocenters. The molecule has 1 heterocycles. The van der Waals surface area contributed by atoms with Crippen molar-refractivity contribution in [3.05, 3.63) is 0 Å². The molecule has 0 saturated carbocycles. The lowest BCUT2D eigenvalue weighted by molar-refractivity contribution is -0.139. The van der Waals surface area contributed by atoms with Gasteiger partial charge in [0, 0.05) is 6.04 Å². The second-order valence-corrected chi connectivity index (χ2v) is 3.53. The number of carboxylic acid groups (broad SMARTS) is 1. The fourth-order valence-corrected chi connectivity index (χ4v) is 1.79. The van der Waals surface area contributed by atoms with Crippen molar-refractivity contribution in [3.8, 4) is 0 Å². The van der Waals surface area contributed by atoms with Gasteiger partial charge < -0.3 is 10.2 Å². The summed E-state index contributed by atoms with van der Waals surface area (Å²) in [6, 6.07) is -0.183. The van der Waals surface area contributed by atoms with Gasteiger partial charge in [0.15, 0.2) is 0 Å². The maximum absolute atomic E-state index is 10.5. The van der Waals surface area contributed by atoms with Crippen LogP contribution < -0.4 is 0 Å². The summed E-state index contributed by atoms with van der Waals surface area (Å²) < 4.78 is 0.